The molecule has 208 valence electrons. The van der Waals surface area contributed by atoms with Gasteiger partial charge in [-0.15, -0.1) is 0 Å². The Kier molecular flexibility index (Phi) is 7.68. The minimum absolute atomic E-state index is 0.0924. The highest BCUT2D eigenvalue weighted by Crippen LogP contribution is 2.66. The van der Waals surface area contributed by atoms with Crippen molar-refractivity contribution in [1.82, 2.24) is 4.90 Å². The number of rotatable bonds is 8. The van der Waals surface area contributed by atoms with Crippen LogP contribution in [0.5, 0.6) is 0 Å². The van der Waals surface area contributed by atoms with Crippen LogP contribution < -0.4 is 0 Å². The molecule has 3 fully saturated rings. The molecule has 2 saturated heterocycles. The summed E-state index contributed by atoms with van der Waals surface area (Å²) in [6.45, 7) is 22.1. The van der Waals surface area contributed by atoms with E-state index in [2.05, 4.69) is 80.7 Å². The van der Waals surface area contributed by atoms with Gasteiger partial charge < -0.3 is 19.1 Å². The summed E-state index contributed by atoms with van der Waals surface area (Å²) in [5, 5.41) is 1.31. The van der Waals surface area contributed by atoms with Gasteiger partial charge >= 0.3 is 5.97 Å². The highest BCUT2D eigenvalue weighted by atomic mass is 28.3. The van der Waals surface area contributed by atoms with Crippen LogP contribution in [0.1, 0.15) is 88.0 Å². The first kappa shape index (κ1) is 28.6. The lowest BCUT2D eigenvalue weighted by molar-refractivity contribution is -0.193. The van der Waals surface area contributed by atoms with Gasteiger partial charge in [0.2, 0.25) is 5.91 Å². The molecule has 3 atom stereocenters. The fourth-order valence-corrected chi connectivity index (χ4v) is 15.2. The standard InChI is InChI=1S/C30H49NO5Si/c1-20(2)37(21(3)4,22(5)6)24-12-10-23(11-13-25-34-16-17-35-25)31(18-24)26(32)30-15-14-29(9,28(30,7)8)19-36-27(30)33/h10,12,18,20-23,25H,11,13-17,19H2,1-9H3/t23-,29+,30+/m1/s1. The molecule has 1 amide bonds. The number of cyclic esters (lactones) is 1. The van der Waals surface area contributed by atoms with Gasteiger partial charge in [-0.2, -0.15) is 0 Å². The van der Waals surface area contributed by atoms with Crippen LogP contribution in [-0.2, 0) is 23.8 Å². The summed E-state index contributed by atoms with van der Waals surface area (Å²) in [5.74, 6) is -0.437. The maximum atomic E-state index is 14.8. The Morgan fingerprint density at radius 3 is 2.16 bits per heavy atom. The average Bonchev–Trinajstić information content (AvgIpc) is 3.37. The van der Waals surface area contributed by atoms with Crippen LogP contribution >= 0.6 is 0 Å². The summed E-state index contributed by atoms with van der Waals surface area (Å²) in [6, 6.07) is -0.144. The van der Waals surface area contributed by atoms with E-state index in [1.807, 2.05) is 4.90 Å². The molecule has 0 radical (unpaired) electrons. The molecule has 6 nitrogen and oxygen atoms in total. The number of carbonyl (C=O) groups excluding carboxylic acids is 2. The van der Waals surface area contributed by atoms with Crippen LogP contribution in [0.3, 0.4) is 0 Å². The van der Waals surface area contributed by atoms with Gasteiger partial charge in [-0.3, -0.25) is 9.59 Å². The fourth-order valence-electron chi connectivity index (χ4n) is 8.42. The Morgan fingerprint density at radius 2 is 1.59 bits per heavy atom. The predicted molar refractivity (Wildman–Crippen MR) is 148 cm³/mol. The van der Waals surface area contributed by atoms with Crippen molar-refractivity contribution in [2.75, 3.05) is 19.8 Å². The average molecular weight is 532 g/mol. The van der Waals surface area contributed by atoms with Crippen LogP contribution in [0.15, 0.2) is 23.5 Å². The van der Waals surface area contributed by atoms with Crippen molar-refractivity contribution in [1.29, 1.82) is 0 Å². The molecule has 3 aliphatic heterocycles. The third-order valence-corrected chi connectivity index (χ3v) is 18.0. The van der Waals surface area contributed by atoms with Crippen molar-refractivity contribution in [2.24, 2.45) is 16.2 Å². The van der Waals surface area contributed by atoms with Gasteiger partial charge in [-0.05, 0) is 46.5 Å². The van der Waals surface area contributed by atoms with Crippen molar-refractivity contribution >= 4 is 20.0 Å². The normalized spacial score (nSPS) is 32.0. The lowest BCUT2D eigenvalue weighted by atomic mass is 9.57. The van der Waals surface area contributed by atoms with Gasteiger partial charge in [0.1, 0.15) is 0 Å². The largest absolute Gasteiger partial charge is 0.464 e. The molecule has 0 aromatic rings. The first-order valence-electron chi connectivity index (χ1n) is 14.4. The zero-order valence-electron chi connectivity index (χ0n) is 24.6. The second-order valence-electron chi connectivity index (χ2n) is 13.5. The molecular formula is C30H49NO5Si. The second kappa shape index (κ2) is 9.94. The van der Waals surface area contributed by atoms with E-state index in [1.165, 1.54) is 5.20 Å². The van der Waals surface area contributed by atoms with E-state index >= 15 is 0 Å². The van der Waals surface area contributed by atoms with Crippen molar-refractivity contribution in [3.63, 3.8) is 0 Å². The third kappa shape index (κ3) is 4.10. The van der Waals surface area contributed by atoms with Crippen LogP contribution in [-0.4, -0.2) is 57.0 Å². The Bertz CT molecular complexity index is 941. The first-order chi connectivity index (χ1) is 17.3. The maximum Gasteiger partial charge on any atom is 0.322 e. The van der Waals surface area contributed by atoms with Gasteiger partial charge in [0.15, 0.2) is 11.7 Å². The van der Waals surface area contributed by atoms with Crippen molar-refractivity contribution in [2.45, 2.75) is 117 Å². The molecule has 0 N–H and O–H groups in total. The summed E-state index contributed by atoms with van der Waals surface area (Å²) in [5.41, 5.74) is -0.318. The van der Waals surface area contributed by atoms with E-state index in [-0.39, 0.29) is 29.6 Å². The summed E-state index contributed by atoms with van der Waals surface area (Å²) in [4.78, 5) is 30.3. The van der Waals surface area contributed by atoms with Crippen molar-refractivity contribution < 1.29 is 23.8 Å². The fraction of sp³-hybridized carbons (Fsp3) is 0.800. The highest BCUT2D eigenvalue weighted by Gasteiger charge is 2.72. The van der Waals surface area contributed by atoms with E-state index < -0.39 is 18.9 Å². The smallest absolute Gasteiger partial charge is 0.322 e. The molecule has 0 aromatic heterocycles. The lowest BCUT2D eigenvalue weighted by Gasteiger charge is -2.52. The van der Waals surface area contributed by atoms with Crippen LogP contribution in [0.25, 0.3) is 0 Å². The molecule has 4 rings (SSSR count). The Morgan fingerprint density at radius 1 is 1.00 bits per heavy atom. The number of fused-ring (bicyclic) bond motifs is 2. The molecule has 7 heteroatoms. The number of nitrogens with zero attached hydrogens (tertiary/aromatic N) is 1. The Hall–Kier alpha value is -1.44. The molecule has 0 spiro atoms. The van der Waals surface area contributed by atoms with Gasteiger partial charge in [-0.1, -0.05) is 74.5 Å². The molecule has 1 saturated carbocycles. The van der Waals surface area contributed by atoms with E-state index in [0.717, 1.165) is 12.8 Å². The Labute approximate surface area is 225 Å². The highest BCUT2D eigenvalue weighted by molar-refractivity contribution is 6.90. The predicted octanol–water partition coefficient (Wildman–Crippen LogP) is 6.38. The minimum Gasteiger partial charge on any atom is -0.464 e. The van der Waals surface area contributed by atoms with Gasteiger partial charge in [0.05, 0.1) is 33.9 Å². The van der Waals surface area contributed by atoms with Crippen LogP contribution in [0.2, 0.25) is 16.6 Å². The molecule has 4 aliphatic rings. The Balaban J connectivity index is 1.78. The first-order valence-corrected chi connectivity index (χ1v) is 16.6. The SMILES string of the molecule is CC(C)[Si](C1=CN(C(=O)[C@@]23CC[C@@](C)(COC2=O)C3(C)C)[C@@H](CCC2OCCO2)C=C1)(C(C)C)C(C)C. The number of hydrogen-bond donors (Lipinski definition) is 0. The third-order valence-electron chi connectivity index (χ3n) is 11.0. The summed E-state index contributed by atoms with van der Waals surface area (Å²) < 4.78 is 17.2. The zero-order valence-corrected chi connectivity index (χ0v) is 25.6. The molecule has 37 heavy (non-hydrogen) atoms. The summed E-state index contributed by atoms with van der Waals surface area (Å²) >= 11 is 0. The van der Waals surface area contributed by atoms with E-state index in [0.29, 0.717) is 49.3 Å². The van der Waals surface area contributed by atoms with E-state index in [1.54, 1.807) is 0 Å². The van der Waals surface area contributed by atoms with Crippen LogP contribution in [0.4, 0.5) is 0 Å². The topological polar surface area (TPSA) is 65.1 Å². The minimum atomic E-state index is -2.02. The van der Waals surface area contributed by atoms with E-state index in [4.69, 9.17) is 14.2 Å². The van der Waals surface area contributed by atoms with Crippen LogP contribution in [0, 0.1) is 16.2 Å². The number of carbonyl (C=O) groups is 2. The molecule has 1 aliphatic carbocycles. The number of amides is 1. The van der Waals surface area contributed by atoms with Crippen molar-refractivity contribution in [3.8, 4) is 0 Å². The van der Waals surface area contributed by atoms with E-state index in [9.17, 15) is 9.59 Å². The van der Waals surface area contributed by atoms with Gasteiger partial charge in [-0.25, -0.2) is 0 Å². The molecule has 0 aromatic carbocycles. The second-order valence-corrected chi connectivity index (χ2v) is 19.4. The molecule has 3 heterocycles. The number of allylic oxidation sites excluding steroid dienone is 2. The number of esters is 1. The number of hydrogen-bond acceptors (Lipinski definition) is 5. The zero-order chi connectivity index (χ0) is 27.4. The maximum absolute atomic E-state index is 14.8. The summed E-state index contributed by atoms with van der Waals surface area (Å²) in [7, 11) is -2.02. The number of ether oxygens (including phenoxy) is 3. The van der Waals surface area contributed by atoms with Gasteiger partial charge in [0, 0.05) is 18.0 Å². The van der Waals surface area contributed by atoms with Gasteiger partial charge in [0.25, 0.3) is 0 Å². The molecular weight excluding hydrogens is 482 g/mol. The lowest BCUT2D eigenvalue weighted by Crippen LogP contribution is -2.62. The quantitative estimate of drug-likeness (QED) is 0.207. The van der Waals surface area contributed by atoms with Crippen molar-refractivity contribution in [3.05, 3.63) is 23.5 Å². The molecule has 0 unspecified atom stereocenters. The molecule has 2 bridgehead atoms. The summed E-state index contributed by atoms with van der Waals surface area (Å²) in [6.07, 6.45) is 9.23. The monoisotopic (exact) mass is 531 g/mol.